The number of carbonyl (C=O) groups is 2. The number of nitrogens with zero attached hydrogens (tertiary/aromatic N) is 1. The Balaban J connectivity index is 2.93. The van der Waals surface area contributed by atoms with Crippen molar-refractivity contribution >= 4 is 18.0 Å². The molecule has 1 heterocycles. The summed E-state index contributed by atoms with van der Waals surface area (Å²) in [6, 6.07) is 2.94. The monoisotopic (exact) mass is 261 g/mol. The van der Waals surface area contributed by atoms with Crippen molar-refractivity contribution in [2.45, 2.75) is 19.4 Å². The lowest BCUT2D eigenvalue weighted by molar-refractivity contribution is -0.146. The van der Waals surface area contributed by atoms with Crippen LogP contribution in [0.3, 0.4) is 0 Å². The average molecular weight is 261 g/mol. The molecule has 0 fully saturated rings. The molecule has 0 spiro atoms. The fourth-order valence-electron chi connectivity index (χ4n) is 1.67. The van der Waals surface area contributed by atoms with E-state index in [1.165, 1.54) is 6.08 Å². The van der Waals surface area contributed by atoms with E-state index in [1.807, 2.05) is 6.92 Å². The summed E-state index contributed by atoms with van der Waals surface area (Å²) in [5.74, 6) is 0.759. The van der Waals surface area contributed by atoms with Crippen molar-refractivity contribution in [1.29, 1.82) is 0 Å². The molecule has 1 N–H and O–H groups in total. The first kappa shape index (κ1) is 14.6. The van der Waals surface area contributed by atoms with Crippen molar-refractivity contribution in [1.82, 2.24) is 4.57 Å². The smallest absolute Gasteiger partial charge is 0.330 e. The van der Waals surface area contributed by atoms with Gasteiger partial charge < -0.3 is 14.4 Å². The van der Waals surface area contributed by atoms with Gasteiger partial charge in [-0.1, -0.05) is 12.8 Å². The predicted octanol–water partition coefficient (Wildman–Crippen LogP) is 1.71. The number of rotatable bonds is 6. The summed E-state index contributed by atoms with van der Waals surface area (Å²) in [5.41, 5.74) is 0.618. The van der Waals surface area contributed by atoms with Crippen LogP contribution in [0.4, 0.5) is 0 Å². The third-order valence-electron chi connectivity index (χ3n) is 2.50. The number of hydrogen-bond acceptors (Lipinski definition) is 3. The third-order valence-corrected chi connectivity index (χ3v) is 2.50. The van der Waals surface area contributed by atoms with Gasteiger partial charge >= 0.3 is 11.9 Å². The van der Waals surface area contributed by atoms with E-state index in [1.54, 1.807) is 22.9 Å². The molecule has 0 amide bonds. The number of aromatic nitrogens is 1. The van der Waals surface area contributed by atoms with Crippen LogP contribution in [0.2, 0.25) is 0 Å². The SMILES string of the molecule is C#CCOC(=O)C(CC)n1cccc1/C=C/C(=O)O. The zero-order valence-corrected chi connectivity index (χ0v) is 10.6. The van der Waals surface area contributed by atoms with Crippen molar-refractivity contribution in [2.75, 3.05) is 6.61 Å². The predicted molar refractivity (Wildman–Crippen MR) is 70.2 cm³/mol. The fraction of sp³-hybridized carbons (Fsp3) is 0.286. The summed E-state index contributed by atoms with van der Waals surface area (Å²) < 4.78 is 6.58. The molecule has 1 aromatic heterocycles. The Labute approximate surface area is 111 Å². The van der Waals surface area contributed by atoms with Gasteiger partial charge in [0.1, 0.15) is 6.04 Å². The fourth-order valence-corrected chi connectivity index (χ4v) is 1.67. The molecule has 1 atom stereocenters. The van der Waals surface area contributed by atoms with E-state index in [0.29, 0.717) is 12.1 Å². The zero-order valence-electron chi connectivity index (χ0n) is 10.6. The molecule has 0 aliphatic heterocycles. The molecule has 1 aromatic rings. The number of carbonyl (C=O) groups excluding carboxylic acids is 1. The van der Waals surface area contributed by atoms with Crippen LogP contribution in [0.15, 0.2) is 24.4 Å². The normalized spacial score (nSPS) is 12.0. The number of hydrogen-bond donors (Lipinski definition) is 1. The molecular weight excluding hydrogens is 246 g/mol. The molecule has 100 valence electrons. The molecule has 1 unspecified atom stereocenters. The third kappa shape index (κ3) is 4.03. The summed E-state index contributed by atoms with van der Waals surface area (Å²) in [5, 5.41) is 8.61. The summed E-state index contributed by atoms with van der Waals surface area (Å²) in [4.78, 5) is 22.4. The van der Waals surface area contributed by atoms with E-state index in [0.717, 1.165) is 6.08 Å². The molecule has 19 heavy (non-hydrogen) atoms. The Morgan fingerprint density at radius 3 is 2.95 bits per heavy atom. The highest BCUT2D eigenvalue weighted by molar-refractivity contribution is 5.85. The minimum absolute atomic E-state index is 0.0725. The molecule has 0 bridgehead atoms. The summed E-state index contributed by atoms with van der Waals surface area (Å²) >= 11 is 0. The van der Waals surface area contributed by atoms with Gasteiger partial charge in [0.25, 0.3) is 0 Å². The number of carboxylic acid groups (broad SMARTS) is 1. The van der Waals surface area contributed by atoms with Gasteiger partial charge in [0, 0.05) is 18.0 Å². The second kappa shape index (κ2) is 7.07. The van der Waals surface area contributed by atoms with Crippen LogP contribution in [0.1, 0.15) is 25.1 Å². The maximum absolute atomic E-state index is 11.8. The van der Waals surface area contributed by atoms with E-state index >= 15 is 0 Å². The standard InChI is InChI=1S/C14H15NO4/c1-3-10-19-14(18)12(4-2)15-9-5-6-11(15)7-8-13(16)17/h1,5-9,12H,4,10H2,2H3,(H,16,17)/b8-7+. The van der Waals surface area contributed by atoms with Gasteiger partial charge in [-0.15, -0.1) is 6.42 Å². The van der Waals surface area contributed by atoms with Gasteiger partial charge in [-0.25, -0.2) is 9.59 Å². The van der Waals surface area contributed by atoms with Crippen LogP contribution >= 0.6 is 0 Å². The molecule has 0 aliphatic carbocycles. The molecule has 0 radical (unpaired) electrons. The summed E-state index contributed by atoms with van der Waals surface area (Å²) in [6.45, 7) is 1.77. The Bertz CT molecular complexity index is 522. The Morgan fingerprint density at radius 2 is 2.37 bits per heavy atom. The minimum Gasteiger partial charge on any atom is -0.478 e. The second-order valence-electron chi connectivity index (χ2n) is 3.75. The number of terminal acetylenes is 1. The highest BCUT2D eigenvalue weighted by Gasteiger charge is 2.20. The quantitative estimate of drug-likeness (QED) is 0.481. The lowest BCUT2D eigenvalue weighted by Gasteiger charge is -2.17. The van der Waals surface area contributed by atoms with Crippen molar-refractivity contribution < 1.29 is 19.4 Å². The van der Waals surface area contributed by atoms with Crippen LogP contribution in [0, 0.1) is 12.3 Å². The molecule has 0 aromatic carbocycles. The first-order chi connectivity index (χ1) is 9.10. The van der Waals surface area contributed by atoms with Crippen LogP contribution in [0.25, 0.3) is 6.08 Å². The van der Waals surface area contributed by atoms with Crippen LogP contribution in [-0.4, -0.2) is 28.2 Å². The number of carboxylic acids is 1. The van der Waals surface area contributed by atoms with Gasteiger partial charge in [-0.05, 0) is 24.6 Å². The molecule has 0 aliphatic rings. The van der Waals surface area contributed by atoms with Gasteiger partial charge in [0.05, 0.1) is 0 Å². The first-order valence-electron chi connectivity index (χ1n) is 5.78. The molecular formula is C14H15NO4. The van der Waals surface area contributed by atoms with Gasteiger partial charge in [0.2, 0.25) is 0 Å². The lowest BCUT2D eigenvalue weighted by atomic mass is 10.2. The minimum atomic E-state index is -1.05. The van der Waals surface area contributed by atoms with Crippen molar-refractivity contribution in [3.8, 4) is 12.3 Å². The maximum atomic E-state index is 11.8. The van der Waals surface area contributed by atoms with E-state index < -0.39 is 18.0 Å². The van der Waals surface area contributed by atoms with Gasteiger partial charge in [0.15, 0.2) is 6.61 Å². The second-order valence-corrected chi connectivity index (χ2v) is 3.75. The van der Waals surface area contributed by atoms with E-state index in [2.05, 4.69) is 5.92 Å². The molecule has 1 rings (SSSR count). The summed E-state index contributed by atoms with van der Waals surface area (Å²) in [6.07, 6.45) is 9.71. The van der Waals surface area contributed by atoms with Crippen LogP contribution in [-0.2, 0) is 14.3 Å². The Morgan fingerprint density at radius 1 is 1.63 bits per heavy atom. The zero-order chi connectivity index (χ0) is 14.3. The molecule has 5 nitrogen and oxygen atoms in total. The van der Waals surface area contributed by atoms with E-state index in [9.17, 15) is 9.59 Å². The van der Waals surface area contributed by atoms with Gasteiger partial charge in [-0.3, -0.25) is 0 Å². The van der Waals surface area contributed by atoms with Crippen molar-refractivity contribution in [2.24, 2.45) is 0 Å². The van der Waals surface area contributed by atoms with E-state index in [-0.39, 0.29) is 6.61 Å². The maximum Gasteiger partial charge on any atom is 0.330 e. The topological polar surface area (TPSA) is 68.5 Å². The van der Waals surface area contributed by atoms with E-state index in [4.69, 9.17) is 16.3 Å². The van der Waals surface area contributed by atoms with Crippen LogP contribution < -0.4 is 0 Å². The molecule has 0 saturated carbocycles. The average Bonchev–Trinajstić information content (AvgIpc) is 2.83. The number of ether oxygens (including phenoxy) is 1. The van der Waals surface area contributed by atoms with Crippen molar-refractivity contribution in [3.05, 3.63) is 30.1 Å². The Kier molecular flexibility index (Phi) is 5.42. The molecule has 5 heteroatoms. The first-order valence-corrected chi connectivity index (χ1v) is 5.78. The largest absolute Gasteiger partial charge is 0.478 e. The van der Waals surface area contributed by atoms with Crippen LogP contribution in [0.5, 0.6) is 0 Å². The van der Waals surface area contributed by atoms with Crippen molar-refractivity contribution in [3.63, 3.8) is 0 Å². The lowest BCUT2D eigenvalue weighted by Crippen LogP contribution is -2.21. The highest BCUT2D eigenvalue weighted by atomic mass is 16.5. The highest BCUT2D eigenvalue weighted by Crippen LogP contribution is 2.18. The Hall–Kier alpha value is -2.48. The molecule has 0 saturated heterocycles. The number of esters is 1. The summed E-state index contributed by atoms with van der Waals surface area (Å²) in [7, 11) is 0. The number of aliphatic carboxylic acids is 1. The van der Waals surface area contributed by atoms with Gasteiger partial charge in [-0.2, -0.15) is 0 Å².